The van der Waals surface area contributed by atoms with Crippen molar-refractivity contribution in [3.63, 3.8) is 0 Å². The second-order valence-electron chi connectivity index (χ2n) is 6.77. The number of nitrogens with zero attached hydrogens (tertiary/aromatic N) is 4. The summed E-state index contributed by atoms with van der Waals surface area (Å²) in [5, 5.41) is 4.39. The van der Waals surface area contributed by atoms with Gasteiger partial charge in [0.15, 0.2) is 0 Å². The fourth-order valence-corrected chi connectivity index (χ4v) is 5.01. The van der Waals surface area contributed by atoms with Crippen LogP contribution in [0.3, 0.4) is 0 Å². The van der Waals surface area contributed by atoms with E-state index in [0.29, 0.717) is 37.7 Å². The molecule has 0 spiro atoms. The predicted octanol–water partition coefficient (Wildman–Crippen LogP) is 1.74. The van der Waals surface area contributed by atoms with Gasteiger partial charge in [-0.05, 0) is 26.0 Å². The molecule has 1 fully saturated rings. The SMILES string of the molecule is CCn1ncc(CN2CCN(S(=O)(=O)c3ccc(OC)cc3OC)CC2)c1C. The first-order valence-corrected chi connectivity index (χ1v) is 10.8. The number of methoxy groups -OCH3 is 2. The van der Waals surface area contributed by atoms with Crippen molar-refractivity contribution in [3.05, 3.63) is 35.7 Å². The maximum absolute atomic E-state index is 13.1. The third-order valence-electron chi connectivity index (χ3n) is 5.22. The number of benzene rings is 1. The standard InChI is InChI=1S/C19H28N4O4S/c1-5-23-15(2)16(13-20-23)14-21-8-10-22(11-9-21)28(24,25)19-7-6-17(26-3)12-18(19)27-4/h6-7,12-13H,5,8-11,14H2,1-4H3. The van der Waals surface area contributed by atoms with Crippen LogP contribution in [0.4, 0.5) is 0 Å². The largest absolute Gasteiger partial charge is 0.497 e. The number of piperazine rings is 1. The molecule has 3 rings (SSSR count). The molecule has 0 amide bonds. The Kier molecular flexibility index (Phi) is 6.26. The van der Waals surface area contributed by atoms with Gasteiger partial charge >= 0.3 is 0 Å². The lowest BCUT2D eigenvalue weighted by Crippen LogP contribution is -2.48. The van der Waals surface area contributed by atoms with Crippen LogP contribution >= 0.6 is 0 Å². The van der Waals surface area contributed by atoms with E-state index in [1.807, 2.05) is 10.9 Å². The van der Waals surface area contributed by atoms with Crippen LogP contribution in [0.25, 0.3) is 0 Å². The molecule has 2 heterocycles. The molecule has 1 aliphatic rings. The molecule has 1 aromatic carbocycles. The summed E-state index contributed by atoms with van der Waals surface area (Å²) in [5.74, 6) is 0.855. The Balaban J connectivity index is 1.69. The van der Waals surface area contributed by atoms with Crippen molar-refractivity contribution in [1.29, 1.82) is 0 Å². The van der Waals surface area contributed by atoms with Crippen LogP contribution in [0.5, 0.6) is 11.5 Å². The molecule has 2 aromatic rings. The Morgan fingerprint density at radius 2 is 1.82 bits per heavy atom. The van der Waals surface area contributed by atoms with E-state index in [9.17, 15) is 8.42 Å². The van der Waals surface area contributed by atoms with Gasteiger partial charge in [0.25, 0.3) is 0 Å². The van der Waals surface area contributed by atoms with Crippen LogP contribution < -0.4 is 9.47 Å². The second kappa shape index (κ2) is 8.50. The van der Waals surface area contributed by atoms with Gasteiger partial charge in [-0.15, -0.1) is 0 Å². The highest BCUT2D eigenvalue weighted by Crippen LogP contribution is 2.31. The van der Waals surface area contributed by atoms with Gasteiger partial charge in [-0.25, -0.2) is 8.42 Å². The first-order valence-electron chi connectivity index (χ1n) is 9.36. The summed E-state index contributed by atoms with van der Waals surface area (Å²) in [6.07, 6.45) is 1.91. The van der Waals surface area contributed by atoms with E-state index in [4.69, 9.17) is 9.47 Å². The molecule has 9 heteroatoms. The van der Waals surface area contributed by atoms with E-state index in [2.05, 4.69) is 23.8 Å². The van der Waals surface area contributed by atoms with Gasteiger partial charge in [0.05, 0.1) is 20.4 Å². The molecule has 0 N–H and O–H groups in total. The number of rotatable bonds is 7. The minimum atomic E-state index is -3.62. The summed E-state index contributed by atoms with van der Waals surface area (Å²) in [7, 11) is -0.626. The van der Waals surface area contributed by atoms with Crippen molar-refractivity contribution in [2.45, 2.75) is 31.8 Å². The zero-order chi connectivity index (χ0) is 20.3. The average molecular weight is 409 g/mol. The number of aryl methyl sites for hydroxylation is 1. The Labute approximate surface area is 166 Å². The van der Waals surface area contributed by atoms with E-state index in [1.165, 1.54) is 29.8 Å². The van der Waals surface area contributed by atoms with Crippen molar-refractivity contribution in [1.82, 2.24) is 19.0 Å². The van der Waals surface area contributed by atoms with Gasteiger partial charge in [-0.1, -0.05) is 0 Å². The quantitative estimate of drug-likeness (QED) is 0.695. The zero-order valence-electron chi connectivity index (χ0n) is 16.9. The molecule has 154 valence electrons. The maximum atomic E-state index is 13.1. The number of hydrogen-bond acceptors (Lipinski definition) is 6. The van der Waals surface area contributed by atoms with Crippen molar-refractivity contribution >= 4 is 10.0 Å². The van der Waals surface area contributed by atoms with Crippen molar-refractivity contribution in [2.24, 2.45) is 0 Å². The Bertz CT molecular complexity index is 918. The maximum Gasteiger partial charge on any atom is 0.246 e. The van der Waals surface area contributed by atoms with Crippen LogP contribution in [-0.4, -0.2) is 67.8 Å². The Morgan fingerprint density at radius 3 is 2.39 bits per heavy atom. The molecule has 1 aliphatic heterocycles. The second-order valence-corrected chi connectivity index (χ2v) is 8.67. The topological polar surface area (TPSA) is 76.9 Å². The summed E-state index contributed by atoms with van der Waals surface area (Å²) < 4.78 is 40.1. The van der Waals surface area contributed by atoms with Crippen LogP contribution in [0.2, 0.25) is 0 Å². The fourth-order valence-electron chi connectivity index (χ4n) is 3.46. The molecule has 0 radical (unpaired) electrons. The number of hydrogen-bond donors (Lipinski definition) is 0. The minimum Gasteiger partial charge on any atom is -0.497 e. The van der Waals surface area contributed by atoms with Crippen LogP contribution in [0.15, 0.2) is 29.3 Å². The monoisotopic (exact) mass is 408 g/mol. The summed E-state index contributed by atoms with van der Waals surface area (Å²) >= 11 is 0. The molecular weight excluding hydrogens is 380 g/mol. The van der Waals surface area contributed by atoms with Gasteiger partial charge in [0, 0.05) is 56.6 Å². The highest BCUT2D eigenvalue weighted by atomic mass is 32.2. The first-order chi connectivity index (χ1) is 13.4. The summed E-state index contributed by atoms with van der Waals surface area (Å²) in [6.45, 7) is 8.01. The highest BCUT2D eigenvalue weighted by molar-refractivity contribution is 7.89. The van der Waals surface area contributed by atoms with Crippen molar-refractivity contribution in [2.75, 3.05) is 40.4 Å². The number of sulfonamides is 1. The van der Waals surface area contributed by atoms with Crippen molar-refractivity contribution in [3.8, 4) is 11.5 Å². The normalized spacial score (nSPS) is 16.3. The van der Waals surface area contributed by atoms with Crippen LogP contribution in [-0.2, 0) is 23.1 Å². The smallest absolute Gasteiger partial charge is 0.246 e. The molecule has 1 aromatic heterocycles. The molecule has 1 saturated heterocycles. The highest BCUT2D eigenvalue weighted by Gasteiger charge is 2.31. The molecule has 0 aliphatic carbocycles. The van der Waals surface area contributed by atoms with Gasteiger partial charge in [-0.2, -0.15) is 9.40 Å². The number of ether oxygens (including phenoxy) is 2. The molecule has 28 heavy (non-hydrogen) atoms. The molecule has 0 atom stereocenters. The van der Waals surface area contributed by atoms with Crippen molar-refractivity contribution < 1.29 is 17.9 Å². The molecule has 0 bridgehead atoms. The zero-order valence-corrected chi connectivity index (χ0v) is 17.7. The van der Waals surface area contributed by atoms with Gasteiger partial charge in [0.2, 0.25) is 10.0 Å². The molecule has 0 unspecified atom stereocenters. The fraction of sp³-hybridized carbons (Fsp3) is 0.526. The van der Waals surface area contributed by atoms with E-state index in [-0.39, 0.29) is 4.90 Å². The minimum absolute atomic E-state index is 0.171. The van der Waals surface area contributed by atoms with Gasteiger partial charge in [-0.3, -0.25) is 9.58 Å². The summed E-state index contributed by atoms with van der Waals surface area (Å²) in [4.78, 5) is 2.44. The van der Waals surface area contributed by atoms with Gasteiger partial charge in [0.1, 0.15) is 16.4 Å². The van der Waals surface area contributed by atoms with Crippen LogP contribution in [0, 0.1) is 6.92 Å². The molecule has 0 saturated carbocycles. The lowest BCUT2D eigenvalue weighted by atomic mass is 10.2. The number of aromatic nitrogens is 2. The van der Waals surface area contributed by atoms with E-state index in [1.54, 1.807) is 18.2 Å². The Hall–Kier alpha value is -2.10. The molecular formula is C19H28N4O4S. The first kappa shape index (κ1) is 20.6. The van der Waals surface area contributed by atoms with E-state index >= 15 is 0 Å². The van der Waals surface area contributed by atoms with E-state index < -0.39 is 10.0 Å². The lowest BCUT2D eigenvalue weighted by molar-refractivity contribution is 0.181. The summed E-state index contributed by atoms with van der Waals surface area (Å²) in [5.41, 5.74) is 2.36. The third-order valence-corrected chi connectivity index (χ3v) is 7.16. The third kappa shape index (κ3) is 4.01. The lowest BCUT2D eigenvalue weighted by Gasteiger charge is -2.34. The van der Waals surface area contributed by atoms with E-state index in [0.717, 1.165) is 13.1 Å². The predicted molar refractivity (Wildman–Crippen MR) is 106 cm³/mol. The van der Waals surface area contributed by atoms with Gasteiger partial charge < -0.3 is 9.47 Å². The Morgan fingerprint density at radius 1 is 1.11 bits per heavy atom. The summed E-state index contributed by atoms with van der Waals surface area (Å²) in [6, 6.07) is 4.78. The van der Waals surface area contributed by atoms with Crippen LogP contribution in [0.1, 0.15) is 18.2 Å². The molecule has 8 nitrogen and oxygen atoms in total. The average Bonchev–Trinajstić information content (AvgIpc) is 3.07.